The Morgan fingerprint density at radius 3 is 2.60 bits per heavy atom. The largest absolute Gasteiger partial charge is 0.465 e. The van der Waals surface area contributed by atoms with Crippen molar-refractivity contribution in [3.05, 3.63) is 47.2 Å². The Bertz CT molecular complexity index is 742. The van der Waals surface area contributed by atoms with Gasteiger partial charge in [-0.15, -0.1) is 0 Å². The molecule has 0 bridgehead atoms. The third-order valence-electron chi connectivity index (χ3n) is 5.06. The Morgan fingerprint density at radius 1 is 1.17 bits per heavy atom. The Morgan fingerprint density at radius 2 is 1.93 bits per heavy atom. The van der Waals surface area contributed by atoms with E-state index in [9.17, 15) is 9.59 Å². The summed E-state index contributed by atoms with van der Waals surface area (Å²) in [6, 6.07) is 7.10. The van der Waals surface area contributed by atoms with Gasteiger partial charge >= 0.3 is 5.97 Å². The predicted molar refractivity (Wildman–Crippen MR) is 108 cm³/mol. The fourth-order valence-corrected chi connectivity index (χ4v) is 3.19. The summed E-state index contributed by atoms with van der Waals surface area (Å²) >= 11 is 0. The maximum atomic E-state index is 12.6. The van der Waals surface area contributed by atoms with E-state index < -0.39 is 12.3 Å². The molecular weight excluding hydrogens is 390 g/mol. The highest BCUT2D eigenvalue weighted by atomic mass is 16.7. The van der Waals surface area contributed by atoms with Gasteiger partial charge in [0.15, 0.2) is 5.76 Å². The molecule has 3 rings (SSSR count). The Labute approximate surface area is 176 Å². The zero-order valence-electron chi connectivity index (χ0n) is 17.2. The van der Waals surface area contributed by atoms with Crippen LogP contribution in [-0.2, 0) is 23.7 Å². The Hall–Kier alpha value is -2.42. The molecule has 0 unspecified atom stereocenters. The van der Waals surface area contributed by atoms with Gasteiger partial charge in [0.1, 0.15) is 0 Å². The lowest BCUT2D eigenvalue weighted by atomic mass is 9.92. The molecule has 30 heavy (non-hydrogen) atoms. The summed E-state index contributed by atoms with van der Waals surface area (Å²) in [7, 11) is 1.34. The molecule has 1 saturated carbocycles. The van der Waals surface area contributed by atoms with Crippen LogP contribution in [0.5, 0.6) is 0 Å². The predicted octanol–water partition coefficient (Wildman–Crippen LogP) is 1.74. The number of aliphatic hydroxyl groups excluding tert-OH is 1. The van der Waals surface area contributed by atoms with E-state index in [1.54, 1.807) is 18.2 Å². The normalized spacial score (nSPS) is 20.8. The molecule has 164 valence electrons. The molecule has 1 amide bonds. The highest BCUT2D eigenvalue weighted by Gasteiger charge is 2.30. The zero-order chi connectivity index (χ0) is 21.3. The van der Waals surface area contributed by atoms with Crippen molar-refractivity contribution in [1.29, 1.82) is 0 Å². The minimum atomic E-state index is -0.598. The molecule has 0 saturated heterocycles. The van der Waals surface area contributed by atoms with Crippen LogP contribution in [0.4, 0.5) is 0 Å². The zero-order valence-corrected chi connectivity index (χ0v) is 17.2. The van der Waals surface area contributed by atoms with Crippen molar-refractivity contribution < 1.29 is 33.6 Å². The van der Waals surface area contributed by atoms with Crippen LogP contribution in [-0.4, -0.2) is 63.4 Å². The number of hydrogen-bond acceptors (Lipinski definition) is 7. The van der Waals surface area contributed by atoms with Gasteiger partial charge in [-0.25, -0.2) is 4.79 Å². The van der Waals surface area contributed by atoms with Gasteiger partial charge in [0.25, 0.3) is 5.91 Å². The van der Waals surface area contributed by atoms with E-state index in [1.165, 1.54) is 7.11 Å². The molecular formula is C22H29NO7. The summed E-state index contributed by atoms with van der Waals surface area (Å²) in [5.41, 5.74) is 1.41. The third-order valence-corrected chi connectivity index (χ3v) is 5.06. The Balaban J connectivity index is 1.67. The molecule has 8 heteroatoms. The molecule has 2 N–H and O–H groups in total. The van der Waals surface area contributed by atoms with Crippen LogP contribution in [0.25, 0.3) is 0 Å². The number of rotatable bonds is 11. The molecule has 8 nitrogen and oxygen atoms in total. The van der Waals surface area contributed by atoms with E-state index in [0.717, 1.165) is 18.4 Å². The minimum absolute atomic E-state index is 0.0440. The van der Waals surface area contributed by atoms with Gasteiger partial charge in [0.2, 0.25) is 6.29 Å². The average Bonchev–Trinajstić information content (AvgIpc) is 3.61. The number of allylic oxidation sites excluding steroid dienone is 1. The maximum absolute atomic E-state index is 12.6. The molecule has 1 aromatic rings. The molecule has 2 atom stereocenters. The third kappa shape index (κ3) is 6.55. The number of benzene rings is 1. The summed E-state index contributed by atoms with van der Waals surface area (Å²) in [6.45, 7) is 1.47. The lowest BCUT2D eigenvalue weighted by Crippen LogP contribution is -2.34. The molecule has 2 aliphatic rings. The van der Waals surface area contributed by atoms with Gasteiger partial charge in [0.05, 0.1) is 39.1 Å². The van der Waals surface area contributed by atoms with Crippen LogP contribution >= 0.6 is 0 Å². The second kappa shape index (κ2) is 11.1. The molecule has 0 aromatic heterocycles. The maximum Gasteiger partial charge on any atom is 0.337 e. The molecule has 0 spiro atoms. The highest BCUT2D eigenvalue weighted by Crippen LogP contribution is 2.32. The highest BCUT2D eigenvalue weighted by molar-refractivity contribution is 5.92. The summed E-state index contributed by atoms with van der Waals surface area (Å²) in [5, 5.41) is 11.7. The summed E-state index contributed by atoms with van der Waals surface area (Å²) in [4.78, 5) is 24.2. The van der Waals surface area contributed by atoms with E-state index in [1.807, 2.05) is 12.1 Å². The van der Waals surface area contributed by atoms with Gasteiger partial charge in [-0.3, -0.25) is 4.79 Å². The molecule has 0 radical (unpaired) electrons. The number of carbonyl (C=O) groups is 2. The number of esters is 1. The SMILES string of the molecule is COC(=O)c1ccc([C@H]2C=C(C(=O)NCC3CC3)O[C@@H](OCCOCCO)C2)cc1. The van der Waals surface area contributed by atoms with E-state index in [4.69, 9.17) is 24.1 Å². The van der Waals surface area contributed by atoms with E-state index in [0.29, 0.717) is 31.1 Å². The second-order valence-electron chi connectivity index (χ2n) is 7.39. The van der Waals surface area contributed by atoms with E-state index in [2.05, 4.69) is 5.32 Å². The fraction of sp³-hybridized carbons (Fsp3) is 0.545. The molecule has 1 fully saturated rings. The topological polar surface area (TPSA) is 103 Å². The van der Waals surface area contributed by atoms with Crippen molar-refractivity contribution in [2.75, 3.05) is 40.1 Å². The molecule has 1 heterocycles. The monoisotopic (exact) mass is 419 g/mol. The number of hydrogen-bond donors (Lipinski definition) is 2. The number of nitrogens with one attached hydrogen (secondary N) is 1. The fourth-order valence-electron chi connectivity index (χ4n) is 3.19. The van der Waals surface area contributed by atoms with Crippen LogP contribution < -0.4 is 5.32 Å². The van der Waals surface area contributed by atoms with Crippen LogP contribution in [0.1, 0.15) is 41.1 Å². The van der Waals surface area contributed by atoms with Gasteiger partial charge in [-0.1, -0.05) is 12.1 Å². The number of aliphatic hydroxyl groups is 1. The summed E-state index contributed by atoms with van der Waals surface area (Å²) in [5.74, 6) is 0.0624. The van der Waals surface area contributed by atoms with Crippen LogP contribution in [0.15, 0.2) is 36.1 Å². The first-order valence-corrected chi connectivity index (χ1v) is 10.3. The van der Waals surface area contributed by atoms with Gasteiger partial charge < -0.3 is 29.4 Å². The van der Waals surface area contributed by atoms with Crippen molar-refractivity contribution in [2.45, 2.75) is 31.5 Å². The van der Waals surface area contributed by atoms with Crippen molar-refractivity contribution in [3.63, 3.8) is 0 Å². The van der Waals surface area contributed by atoms with Crippen LogP contribution in [0, 0.1) is 5.92 Å². The average molecular weight is 419 g/mol. The summed E-state index contributed by atoms with van der Waals surface area (Å²) in [6.07, 6.45) is 4.03. The quantitative estimate of drug-likeness (QED) is 0.416. The molecule has 1 aliphatic carbocycles. The second-order valence-corrected chi connectivity index (χ2v) is 7.39. The first kappa shape index (κ1) is 22.3. The Kier molecular flexibility index (Phi) is 8.24. The van der Waals surface area contributed by atoms with E-state index >= 15 is 0 Å². The van der Waals surface area contributed by atoms with Crippen LogP contribution in [0.2, 0.25) is 0 Å². The van der Waals surface area contributed by atoms with Gasteiger partial charge in [0, 0.05) is 18.9 Å². The molecule has 1 aromatic carbocycles. The number of ether oxygens (including phenoxy) is 4. The standard InChI is InChI=1S/C22H29NO7/c1-27-22(26)17-6-4-16(5-7-17)18-12-19(21(25)23-14-15-2-3-15)30-20(13-18)29-11-10-28-9-8-24/h4-7,12,15,18,20,24H,2-3,8-11,13-14H2,1H3,(H,23,25)/t18-,20+/m0/s1. The van der Waals surface area contributed by atoms with Crippen molar-refractivity contribution in [3.8, 4) is 0 Å². The summed E-state index contributed by atoms with van der Waals surface area (Å²) < 4.78 is 21.5. The van der Waals surface area contributed by atoms with Gasteiger partial charge in [-0.05, 0) is 42.5 Å². The lowest BCUT2D eigenvalue weighted by molar-refractivity contribution is -0.151. The minimum Gasteiger partial charge on any atom is -0.465 e. The first-order valence-electron chi connectivity index (χ1n) is 10.3. The van der Waals surface area contributed by atoms with Gasteiger partial charge in [-0.2, -0.15) is 0 Å². The van der Waals surface area contributed by atoms with Crippen LogP contribution in [0.3, 0.4) is 0 Å². The lowest BCUT2D eigenvalue weighted by Gasteiger charge is -2.29. The van der Waals surface area contributed by atoms with Crippen molar-refractivity contribution in [1.82, 2.24) is 5.32 Å². The number of carbonyl (C=O) groups excluding carboxylic acids is 2. The van der Waals surface area contributed by atoms with E-state index in [-0.39, 0.29) is 37.4 Å². The number of methoxy groups -OCH3 is 1. The van der Waals surface area contributed by atoms with Crippen molar-refractivity contribution in [2.24, 2.45) is 5.92 Å². The first-order chi connectivity index (χ1) is 14.6. The number of amides is 1. The molecule has 1 aliphatic heterocycles. The smallest absolute Gasteiger partial charge is 0.337 e. The van der Waals surface area contributed by atoms with Crippen molar-refractivity contribution >= 4 is 11.9 Å².